The predicted octanol–water partition coefficient (Wildman–Crippen LogP) is -1.19. The van der Waals surface area contributed by atoms with Crippen molar-refractivity contribution in [2.75, 3.05) is 19.9 Å². The molecule has 0 aromatic rings. The summed E-state index contributed by atoms with van der Waals surface area (Å²) < 4.78 is 41.7. The van der Waals surface area contributed by atoms with Crippen LogP contribution in [-0.2, 0) is 23.4 Å². The molecule has 2 aliphatic heterocycles. The number of hydrogen-bond acceptors (Lipinski definition) is 8. The van der Waals surface area contributed by atoms with Gasteiger partial charge in [0, 0.05) is 6.20 Å². The maximum absolute atomic E-state index is 15.2. The summed E-state index contributed by atoms with van der Waals surface area (Å²) in [6.07, 6.45) is -1.48. The highest BCUT2D eigenvalue weighted by molar-refractivity contribution is 7.50. The standard InChI is InChI=1S/C14H23FN3O10P/c1-8(9(19)20)17-29(24,25)27-6-14(15)10(21)13(2,23)11(28-14)18-4-3-5-26-7-16-12(18)22/h3-4,8,10-11,21,23H,5-7H2,1-2H3,(H,16,22)(H,19,20)(H2,17,24,25)/b4-3-/t8-,10-,11+,13+,14+/m0/s1. The highest BCUT2D eigenvalue weighted by Crippen LogP contribution is 2.45. The molecule has 0 spiro atoms. The lowest BCUT2D eigenvalue weighted by Crippen LogP contribution is -2.56. The molecule has 2 amide bonds. The van der Waals surface area contributed by atoms with Crippen LogP contribution in [0.4, 0.5) is 9.18 Å². The van der Waals surface area contributed by atoms with Crippen molar-refractivity contribution in [1.82, 2.24) is 15.3 Å². The molecule has 0 radical (unpaired) electrons. The molecule has 29 heavy (non-hydrogen) atoms. The second kappa shape index (κ2) is 8.62. The number of nitrogens with one attached hydrogen (secondary N) is 2. The van der Waals surface area contributed by atoms with Gasteiger partial charge >= 0.3 is 19.7 Å². The van der Waals surface area contributed by atoms with Crippen molar-refractivity contribution in [1.29, 1.82) is 0 Å². The lowest BCUT2D eigenvalue weighted by atomic mass is 9.95. The first kappa shape index (κ1) is 23.6. The number of halogens is 1. The zero-order valence-electron chi connectivity index (χ0n) is 15.5. The van der Waals surface area contributed by atoms with Crippen LogP contribution >= 0.6 is 7.75 Å². The molecule has 15 heteroatoms. The minimum Gasteiger partial charge on any atom is -0.480 e. The number of carboxylic acids is 1. The van der Waals surface area contributed by atoms with Gasteiger partial charge < -0.3 is 35.0 Å². The van der Waals surface area contributed by atoms with Crippen LogP contribution in [0.25, 0.3) is 0 Å². The van der Waals surface area contributed by atoms with E-state index in [4.69, 9.17) is 14.6 Å². The normalized spacial score (nSPS) is 37.2. The van der Waals surface area contributed by atoms with Gasteiger partial charge in [0.15, 0.2) is 6.23 Å². The quantitative estimate of drug-likeness (QED) is 0.260. The van der Waals surface area contributed by atoms with Crippen LogP contribution in [0.1, 0.15) is 13.8 Å². The second-order valence-electron chi connectivity index (χ2n) is 6.66. The first-order valence-electron chi connectivity index (χ1n) is 8.36. The van der Waals surface area contributed by atoms with E-state index < -0.39 is 56.2 Å². The number of aliphatic carboxylic acids is 1. The highest BCUT2D eigenvalue weighted by atomic mass is 31.2. The smallest absolute Gasteiger partial charge is 0.403 e. The molecule has 1 fully saturated rings. The fraction of sp³-hybridized carbons (Fsp3) is 0.714. The number of ether oxygens (including phenoxy) is 2. The topological polar surface area (TPSA) is 187 Å². The third-order valence-corrected chi connectivity index (χ3v) is 5.42. The van der Waals surface area contributed by atoms with E-state index in [-0.39, 0.29) is 13.3 Å². The third-order valence-electron chi connectivity index (χ3n) is 4.23. The zero-order chi connectivity index (χ0) is 22.0. The number of hydrogen-bond donors (Lipinski definition) is 6. The Morgan fingerprint density at radius 3 is 2.90 bits per heavy atom. The first-order valence-corrected chi connectivity index (χ1v) is 9.93. The SMILES string of the molecule is C[C@H](NP(=O)(O)OC[C@@]1(F)O[C@@H](N2/C=C\COCNC2=O)[C@](C)(O)[C@@H]1O)C(=O)O. The summed E-state index contributed by atoms with van der Waals surface area (Å²) in [5.74, 6) is -4.66. The Labute approximate surface area is 164 Å². The Morgan fingerprint density at radius 1 is 1.62 bits per heavy atom. The molecule has 0 aromatic carbocycles. The van der Waals surface area contributed by atoms with Crippen LogP contribution in [0.2, 0.25) is 0 Å². The number of aliphatic hydroxyl groups excluding tert-OH is 1. The number of urea groups is 1. The van der Waals surface area contributed by atoms with E-state index in [2.05, 4.69) is 9.84 Å². The van der Waals surface area contributed by atoms with E-state index in [1.807, 2.05) is 0 Å². The van der Waals surface area contributed by atoms with Gasteiger partial charge in [-0.05, 0) is 19.9 Å². The number of alkyl halides is 1. The Hall–Kier alpha value is -1.64. The maximum atomic E-state index is 15.2. The molecule has 1 unspecified atom stereocenters. The number of amides is 2. The van der Waals surface area contributed by atoms with Crippen molar-refractivity contribution in [3.05, 3.63) is 12.3 Å². The molecule has 0 aromatic heterocycles. The molecule has 1 saturated heterocycles. The third kappa shape index (κ3) is 5.29. The van der Waals surface area contributed by atoms with Gasteiger partial charge in [0.25, 0.3) is 5.85 Å². The molecular weight excluding hydrogens is 420 g/mol. The molecule has 6 atom stereocenters. The Morgan fingerprint density at radius 2 is 2.28 bits per heavy atom. The fourth-order valence-electron chi connectivity index (χ4n) is 2.64. The Bertz CT molecular complexity index is 722. The van der Waals surface area contributed by atoms with Gasteiger partial charge in [0.2, 0.25) is 0 Å². The molecule has 0 bridgehead atoms. The van der Waals surface area contributed by atoms with Crippen LogP contribution < -0.4 is 10.4 Å². The highest BCUT2D eigenvalue weighted by Gasteiger charge is 2.64. The van der Waals surface area contributed by atoms with Crippen LogP contribution in [0.15, 0.2) is 12.3 Å². The number of carbonyl (C=O) groups is 2. The lowest BCUT2D eigenvalue weighted by molar-refractivity contribution is -0.204. The summed E-state index contributed by atoms with van der Waals surface area (Å²) in [5.41, 5.74) is -2.35. The maximum Gasteiger partial charge on any atom is 0.403 e. The van der Waals surface area contributed by atoms with Crippen molar-refractivity contribution in [2.45, 2.75) is 43.7 Å². The Balaban J connectivity index is 2.17. The molecule has 0 saturated carbocycles. The van der Waals surface area contributed by atoms with Crippen LogP contribution in [0, 0.1) is 0 Å². The van der Waals surface area contributed by atoms with Gasteiger partial charge in [0.05, 0.1) is 6.61 Å². The summed E-state index contributed by atoms with van der Waals surface area (Å²) in [6, 6.07) is -2.32. The molecule has 2 heterocycles. The van der Waals surface area contributed by atoms with Crippen molar-refractivity contribution in [2.24, 2.45) is 0 Å². The predicted molar refractivity (Wildman–Crippen MR) is 91.7 cm³/mol. The summed E-state index contributed by atoms with van der Waals surface area (Å²) in [6.45, 7) is 0.638. The van der Waals surface area contributed by atoms with Gasteiger partial charge in [0.1, 0.15) is 31.1 Å². The van der Waals surface area contributed by atoms with Crippen LogP contribution in [0.5, 0.6) is 0 Å². The largest absolute Gasteiger partial charge is 0.480 e. The van der Waals surface area contributed by atoms with Gasteiger partial charge in [-0.2, -0.15) is 0 Å². The molecule has 2 rings (SSSR count). The zero-order valence-corrected chi connectivity index (χ0v) is 16.4. The van der Waals surface area contributed by atoms with Gasteiger partial charge in [-0.25, -0.2) is 18.8 Å². The van der Waals surface area contributed by atoms with Crippen molar-refractivity contribution < 1.29 is 52.8 Å². The lowest BCUT2D eigenvalue weighted by Gasteiger charge is -2.33. The number of nitrogens with zero attached hydrogens (tertiary/aromatic N) is 1. The van der Waals surface area contributed by atoms with E-state index in [9.17, 15) is 29.3 Å². The fourth-order valence-corrected chi connectivity index (χ4v) is 3.67. The molecular formula is C14H23FN3O10P. The summed E-state index contributed by atoms with van der Waals surface area (Å²) in [4.78, 5) is 33.4. The second-order valence-corrected chi connectivity index (χ2v) is 8.21. The average Bonchev–Trinajstić information content (AvgIpc) is 2.78. The van der Waals surface area contributed by atoms with E-state index in [0.717, 1.165) is 24.9 Å². The van der Waals surface area contributed by atoms with E-state index in [1.54, 1.807) is 5.09 Å². The minimum atomic E-state index is -4.81. The van der Waals surface area contributed by atoms with E-state index >= 15 is 4.39 Å². The van der Waals surface area contributed by atoms with Crippen LogP contribution in [0.3, 0.4) is 0 Å². The molecule has 13 nitrogen and oxygen atoms in total. The molecule has 166 valence electrons. The van der Waals surface area contributed by atoms with Crippen molar-refractivity contribution in [3.8, 4) is 0 Å². The van der Waals surface area contributed by atoms with Gasteiger partial charge in [-0.3, -0.25) is 14.2 Å². The van der Waals surface area contributed by atoms with Gasteiger partial charge in [-0.1, -0.05) is 0 Å². The molecule has 0 aliphatic carbocycles. The van der Waals surface area contributed by atoms with Crippen molar-refractivity contribution >= 4 is 19.7 Å². The number of carboxylic acid groups (broad SMARTS) is 1. The average molecular weight is 443 g/mol. The Kier molecular flexibility index (Phi) is 7.02. The monoisotopic (exact) mass is 443 g/mol. The minimum absolute atomic E-state index is 0.0964. The first-order chi connectivity index (χ1) is 13.3. The van der Waals surface area contributed by atoms with E-state index in [0.29, 0.717) is 0 Å². The number of aliphatic hydroxyl groups is 2. The number of carbonyl (C=O) groups excluding carboxylic acids is 1. The molecule has 6 N–H and O–H groups in total. The molecule has 2 aliphatic rings. The summed E-state index contributed by atoms with van der Waals surface area (Å²) in [5, 5.41) is 33.6. The van der Waals surface area contributed by atoms with E-state index in [1.165, 1.54) is 6.08 Å². The van der Waals surface area contributed by atoms with Crippen LogP contribution in [-0.4, -0.2) is 86.9 Å². The summed E-state index contributed by atoms with van der Waals surface area (Å²) in [7, 11) is -4.81. The summed E-state index contributed by atoms with van der Waals surface area (Å²) >= 11 is 0. The van der Waals surface area contributed by atoms with Crippen molar-refractivity contribution in [3.63, 3.8) is 0 Å². The number of rotatable bonds is 7. The van der Waals surface area contributed by atoms with Gasteiger partial charge in [-0.15, -0.1) is 0 Å².